The Kier molecular flexibility index (Phi) is 4.21. The molecule has 4 N–H and O–H groups in total. The zero-order valence-corrected chi connectivity index (χ0v) is 15.1. The average Bonchev–Trinajstić information content (AvgIpc) is 2.67. The van der Waals surface area contributed by atoms with Crippen molar-refractivity contribution in [3.05, 3.63) is 53.8 Å². The van der Waals surface area contributed by atoms with Crippen LogP contribution in [0.3, 0.4) is 0 Å². The SMILES string of the molecule is COc1ccc(-c2cccc(Cl)c2-c2cc3cnc(N)nc3nc2N)cn1. The fourth-order valence-electron chi connectivity index (χ4n) is 2.89. The molecule has 0 saturated carbocycles. The predicted octanol–water partition coefficient (Wildman–Crippen LogP) is 3.58. The number of hydrogen-bond donors (Lipinski definition) is 2. The third-order valence-corrected chi connectivity index (χ3v) is 4.47. The highest BCUT2D eigenvalue weighted by molar-refractivity contribution is 6.34. The van der Waals surface area contributed by atoms with E-state index in [0.29, 0.717) is 33.3 Å². The minimum absolute atomic E-state index is 0.143. The van der Waals surface area contributed by atoms with Gasteiger partial charge in [0.1, 0.15) is 5.82 Å². The second kappa shape index (κ2) is 6.69. The first-order valence-corrected chi connectivity index (χ1v) is 8.42. The largest absolute Gasteiger partial charge is 0.481 e. The van der Waals surface area contributed by atoms with E-state index in [-0.39, 0.29) is 5.95 Å². The average molecular weight is 379 g/mol. The van der Waals surface area contributed by atoms with Crippen molar-refractivity contribution in [2.75, 3.05) is 18.6 Å². The van der Waals surface area contributed by atoms with Gasteiger partial charge in [0.25, 0.3) is 0 Å². The molecule has 27 heavy (non-hydrogen) atoms. The summed E-state index contributed by atoms with van der Waals surface area (Å²) in [6.45, 7) is 0. The summed E-state index contributed by atoms with van der Waals surface area (Å²) in [7, 11) is 1.57. The van der Waals surface area contributed by atoms with Crippen LogP contribution in [0.4, 0.5) is 11.8 Å². The van der Waals surface area contributed by atoms with Gasteiger partial charge in [0.2, 0.25) is 11.8 Å². The van der Waals surface area contributed by atoms with E-state index in [1.54, 1.807) is 31.6 Å². The molecule has 0 saturated heterocycles. The van der Waals surface area contributed by atoms with Crippen molar-refractivity contribution in [3.63, 3.8) is 0 Å². The van der Waals surface area contributed by atoms with Gasteiger partial charge in [0, 0.05) is 45.6 Å². The second-order valence-corrected chi connectivity index (χ2v) is 6.22. The van der Waals surface area contributed by atoms with Crippen molar-refractivity contribution >= 4 is 34.4 Å². The van der Waals surface area contributed by atoms with Crippen LogP contribution >= 0.6 is 11.6 Å². The van der Waals surface area contributed by atoms with Crippen LogP contribution in [0.1, 0.15) is 0 Å². The van der Waals surface area contributed by atoms with E-state index >= 15 is 0 Å². The minimum atomic E-state index is 0.143. The summed E-state index contributed by atoms with van der Waals surface area (Å²) in [6.07, 6.45) is 3.33. The zero-order valence-electron chi connectivity index (χ0n) is 14.3. The Hall–Kier alpha value is -3.45. The van der Waals surface area contributed by atoms with Gasteiger partial charge < -0.3 is 16.2 Å². The first-order chi connectivity index (χ1) is 13.1. The summed E-state index contributed by atoms with van der Waals surface area (Å²) >= 11 is 6.54. The summed E-state index contributed by atoms with van der Waals surface area (Å²) in [5, 5.41) is 1.26. The fourth-order valence-corrected chi connectivity index (χ4v) is 3.17. The number of pyridine rings is 2. The number of aromatic nitrogens is 4. The Labute approximate surface area is 160 Å². The van der Waals surface area contributed by atoms with Crippen LogP contribution in [-0.4, -0.2) is 27.0 Å². The normalized spacial score (nSPS) is 10.9. The first kappa shape index (κ1) is 17.0. The Morgan fingerprint density at radius 3 is 2.56 bits per heavy atom. The molecular weight excluding hydrogens is 364 g/mol. The lowest BCUT2D eigenvalue weighted by molar-refractivity contribution is 0.398. The van der Waals surface area contributed by atoms with Gasteiger partial charge in [0.05, 0.1) is 7.11 Å². The predicted molar refractivity (Wildman–Crippen MR) is 106 cm³/mol. The molecule has 3 aromatic heterocycles. The molecule has 8 heteroatoms. The van der Waals surface area contributed by atoms with Gasteiger partial charge in [-0.25, -0.2) is 15.0 Å². The molecule has 0 aliphatic heterocycles. The molecule has 0 atom stereocenters. The number of fused-ring (bicyclic) bond motifs is 1. The van der Waals surface area contributed by atoms with Crippen LogP contribution in [0, 0.1) is 0 Å². The smallest absolute Gasteiger partial charge is 0.222 e. The molecule has 4 aromatic rings. The lowest BCUT2D eigenvalue weighted by Crippen LogP contribution is -2.01. The van der Waals surface area contributed by atoms with Crippen LogP contribution in [0.5, 0.6) is 5.88 Å². The number of nitrogens with two attached hydrogens (primary N) is 2. The van der Waals surface area contributed by atoms with Crippen molar-refractivity contribution in [2.45, 2.75) is 0 Å². The summed E-state index contributed by atoms with van der Waals surface area (Å²) in [5.74, 6) is 0.977. The number of benzene rings is 1. The highest BCUT2D eigenvalue weighted by Gasteiger charge is 2.16. The van der Waals surface area contributed by atoms with Crippen LogP contribution < -0.4 is 16.2 Å². The molecule has 1 aromatic carbocycles. The fraction of sp³-hybridized carbons (Fsp3) is 0.0526. The lowest BCUT2D eigenvalue weighted by atomic mass is 9.95. The first-order valence-electron chi connectivity index (χ1n) is 8.05. The molecule has 0 spiro atoms. The molecule has 0 aliphatic rings. The molecule has 0 amide bonds. The van der Waals surface area contributed by atoms with Crippen molar-refractivity contribution in [3.8, 4) is 28.1 Å². The molecular formula is C19H15ClN6O. The van der Waals surface area contributed by atoms with Gasteiger partial charge in [-0.2, -0.15) is 4.98 Å². The van der Waals surface area contributed by atoms with Gasteiger partial charge in [0.15, 0.2) is 5.65 Å². The zero-order chi connectivity index (χ0) is 19.0. The number of ether oxygens (including phenoxy) is 1. The van der Waals surface area contributed by atoms with Crippen LogP contribution in [0.15, 0.2) is 48.8 Å². The Balaban J connectivity index is 1.95. The molecule has 0 unspecified atom stereocenters. The van der Waals surface area contributed by atoms with E-state index in [4.69, 9.17) is 27.8 Å². The maximum absolute atomic E-state index is 6.54. The summed E-state index contributed by atoms with van der Waals surface area (Å²) in [4.78, 5) is 16.8. The highest BCUT2D eigenvalue weighted by Crippen LogP contribution is 2.40. The minimum Gasteiger partial charge on any atom is -0.481 e. The monoisotopic (exact) mass is 378 g/mol. The van der Waals surface area contributed by atoms with E-state index in [2.05, 4.69) is 19.9 Å². The van der Waals surface area contributed by atoms with Crippen LogP contribution in [0.2, 0.25) is 5.02 Å². The highest BCUT2D eigenvalue weighted by atomic mass is 35.5. The van der Waals surface area contributed by atoms with Gasteiger partial charge in [-0.3, -0.25) is 0 Å². The number of nitrogens with zero attached hydrogens (tertiary/aromatic N) is 4. The number of methoxy groups -OCH3 is 1. The maximum Gasteiger partial charge on any atom is 0.222 e. The number of rotatable bonds is 3. The van der Waals surface area contributed by atoms with Gasteiger partial charge in [-0.05, 0) is 23.8 Å². The van der Waals surface area contributed by atoms with Crippen LogP contribution in [0.25, 0.3) is 33.3 Å². The molecule has 3 heterocycles. The Morgan fingerprint density at radius 1 is 0.963 bits per heavy atom. The number of hydrogen-bond acceptors (Lipinski definition) is 7. The number of anilines is 2. The third-order valence-electron chi connectivity index (χ3n) is 4.16. The molecule has 0 bridgehead atoms. The van der Waals surface area contributed by atoms with Crippen LogP contribution in [-0.2, 0) is 0 Å². The molecule has 4 rings (SSSR count). The number of halogens is 1. The second-order valence-electron chi connectivity index (χ2n) is 5.81. The third kappa shape index (κ3) is 3.09. The van der Waals surface area contributed by atoms with E-state index in [1.165, 1.54) is 0 Å². The Morgan fingerprint density at radius 2 is 1.81 bits per heavy atom. The quantitative estimate of drug-likeness (QED) is 0.560. The van der Waals surface area contributed by atoms with Crippen molar-refractivity contribution < 1.29 is 4.74 Å². The van der Waals surface area contributed by atoms with E-state index < -0.39 is 0 Å². The van der Waals surface area contributed by atoms with E-state index in [9.17, 15) is 0 Å². The van der Waals surface area contributed by atoms with Gasteiger partial charge in [-0.15, -0.1) is 0 Å². The molecule has 0 fully saturated rings. The maximum atomic E-state index is 6.54. The summed E-state index contributed by atoms with van der Waals surface area (Å²) in [5.41, 5.74) is 15.5. The van der Waals surface area contributed by atoms with E-state index in [0.717, 1.165) is 16.7 Å². The lowest BCUT2D eigenvalue weighted by Gasteiger charge is -2.14. The van der Waals surface area contributed by atoms with Crippen molar-refractivity contribution in [2.24, 2.45) is 0 Å². The molecule has 134 valence electrons. The molecule has 7 nitrogen and oxygen atoms in total. The topological polar surface area (TPSA) is 113 Å². The van der Waals surface area contributed by atoms with Gasteiger partial charge in [-0.1, -0.05) is 23.7 Å². The summed E-state index contributed by atoms with van der Waals surface area (Å²) < 4.78 is 5.13. The summed E-state index contributed by atoms with van der Waals surface area (Å²) in [6, 6.07) is 11.2. The van der Waals surface area contributed by atoms with Gasteiger partial charge >= 0.3 is 0 Å². The molecule has 0 aliphatic carbocycles. The standard InChI is InChI=1S/C19H15ClN6O/c1-27-15-6-5-10(8-23-15)12-3-2-4-14(20)16(12)13-7-11-9-24-19(22)26-18(11)25-17(13)21/h2-9H,1H3,(H4,21,22,24,25,26). The van der Waals surface area contributed by atoms with E-state index in [1.807, 2.05) is 24.3 Å². The number of nitrogen functional groups attached to an aromatic ring is 2. The van der Waals surface area contributed by atoms with Crippen molar-refractivity contribution in [1.82, 2.24) is 19.9 Å². The van der Waals surface area contributed by atoms with Crippen molar-refractivity contribution in [1.29, 1.82) is 0 Å². The Bertz CT molecular complexity index is 1150. The molecule has 0 radical (unpaired) electrons.